The smallest absolute Gasteiger partial charge is 0.174 e. The number of hydrogen-bond acceptors (Lipinski definition) is 5. The Morgan fingerprint density at radius 3 is 2.08 bits per heavy atom. The van der Waals surface area contributed by atoms with E-state index in [1.54, 1.807) is 0 Å². The van der Waals surface area contributed by atoms with Crippen molar-refractivity contribution in [2.24, 2.45) is 0 Å². The second-order valence-electron chi connectivity index (χ2n) is 8.15. The van der Waals surface area contributed by atoms with Crippen LogP contribution in [0.1, 0.15) is 64.9 Å². The first kappa shape index (κ1) is 18.8. The average molecular weight is 349 g/mol. The number of aryl methyl sites for hydroxylation is 1. The van der Waals surface area contributed by atoms with Gasteiger partial charge < -0.3 is 5.11 Å². The third-order valence-corrected chi connectivity index (χ3v) is 4.96. The minimum atomic E-state index is -0.0920. The lowest BCUT2D eigenvalue weighted by Crippen LogP contribution is -2.17. The molecule has 0 radical (unpaired) electrons. The summed E-state index contributed by atoms with van der Waals surface area (Å²) in [6.07, 6.45) is 1.81. The summed E-state index contributed by atoms with van der Waals surface area (Å²) in [5.41, 5.74) is 1.84. The molecule has 0 amide bonds. The zero-order valence-corrected chi connectivity index (χ0v) is 16.3. The summed E-state index contributed by atoms with van der Waals surface area (Å²) in [5, 5.41) is 24.7. The number of H-pyrrole nitrogens is 1. The highest BCUT2D eigenvalue weighted by Crippen LogP contribution is 2.41. The number of phenolic OH excluding ortho intramolecular Hbond substituents is 1. The number of thioether (sulfide) groups is 1. The van der Waals surface area contributed by atoms with E-state index in [0.717, 1.165) is 35.5 Å². The van der Waals surface area contributed by atoms with Gasteiger partial charge in [0.2, 0.25) is 0 Å². The fourth-order valence-electron chi connectivity index (χ4n) is 2.54. The zero-order valence-electron chi connectivity index (χ0n) is 15.5. The van der Waals surface area contributed by atoms with Crippen molar-refractivity contribution >= 4 is 11.8 Å². The van der Waals surface area contributed by atoms with E-state index in [2.05, 4.69) is 74.3 Å². The molecule has 2 rings (SSSR count). The van der Waals surface area contributed by atoms with Crippen LogP contribution in [0.3, 0.4) is 0 Å². The van der Waals surface area contributed by atoms with Gasteiger partial charge in [0.15, 0.2) is 5.82 Å². The molecule has 1 aromatic carbocycles. The first-order valence-corrected chi connectivity index (χ1v) is 9.30. The summed E-state index contributed by atoms with van der Waals surface area (Å²) in [5.74, 6) is 2.17. The van der Waals surface area contributed by atoms with Gasteiger partial charge in [-0.3, -0.25) is 0 Å². The summed E-state index contributed by atoms with van der Waals surface area (Å²) in [7, 11) is 0. The molecular formula is C18H28N4OS. The monoisotopic (exact) mass is 348 g/mol. The molecule has 6 heteroatoms. The van der Waals surface area contributed by atoms with E-state index in [1.807, 2.05) is 11.8 Å². The lowest BCUT2D eigenvalue weighted by Gasteiger charge is -2.28. The Hall–Kier alpha value is -1.56. The van der Waals surface area contributed by atoms with Crippen LogP contribution >= 0.6 is 11.8 Å². The van der Waals surface area contributed by atoms with E-state index >= 15 is 0 Å². The van der Waals surface area contributed by atoms with Gasteiger partial charge in [0.1, 0.15) is 5.75 Å². The molecule has 0 bridgehead atoms. The molecular weight excluding hydrogens is 320 g/mol. The zero-order chi connectivity index (χ0) is 18.0. The molecule has 0 unspecified atom stereocenters. The van der Waals surface area contributed by atoms with Crippen molar-refractivity contribution in [1.29, 1.82) is 0 Å². The number of rotatable bonds is 5. The van der Waals surface area contributed by atoms with Gasteiger partial charge in [-0.2, -0.15) is 5.21 Å². The number of benzene rings is 1. The van der Waals surface area contributed by atoms with E-state index in [-0.39, 0.29) is 10.8 Å². The van der Waals surface area contributed by atoms with E-state index < -0.39 is 0 Å². The van der Waals surface area contributed by atoms with Gasteiger partial charge in [-0.05, 0) is 35.1 Å². The Balaban J connectivity index is 2.16. The summed E-state index contributed by atoms with van der Waals surface area (Å²) < 4.78 is 0. The summed E-state index contributed by atoms with van der Waals surface area (Å²) >= 11 is 1.81. The third kappa shape index (κ3) is 4.72. The van der Waals surface area contributed by atoms with Gasteiger partial charge >= 0.3 is 0 Å². The predicted molar refractivity (Wildman–Crippen MR) is 98.7 cm³/mol. The van der Waals surface area contributed by atoms with Gasteiger partial charge in [-0.15, -0.1) is 22.0 Å². The van der Waals surface area contributed by atoms with Crippen molar-refractivity contribution in [2.45, 2.75) is 70.1 Å². The van der Waals surface area contributed by atoms with Gasteiger partial charge in [0, 0.05) is 22.4 Å². The maximum Gasteiger partial charge on any atom is 0.174 e. The molecule has 0 atom stereocenters. The third-order valence-electron chi connectivity index (χ3n) is 3.90. The highest BCUT2D eigenvalue weighted by atomic mass is 32.2. The van der Waals surface area contributed by atoms with Crippen molar-refractivity contribution in [2.75, 3.05) is 5.75 Å². The Kier molecular flexibility index (Phi) is 5.58. The highest BCUT2D eigenvalue weighted by Gasteiger charge is 2.26. The van der Waals surface area contributed by atoms with Crippen LogP contribution in [0.15, 0.2) is 17.0 Å². The molecule has 0 saturated heterocycles. The Morgan fingerprint density at radius 1 is 1.04 bits per heavy atom. The molecule has 24 heavy (non-hydrogen) atoms. The number of aromatic hydroxyl groups is 1. The van der Waals surface area contributed by atoms with Crippen molar-refractivity contribution < 1.29 is 5.11 Å². The highest BCUT2D eigenvalue weighted by molar-refractivity contribution is 7.99. The molecule has 132 valence electrons. The predicted octanol–water partition coefficient (Wildman–Crippen LogP) is 4.23. The van der Waals surface area contributed by atoms with Crippen molar-refractivity contribution in [3.63, 3.8) is 0 Å². The van der Waals surface area contributed by atoms with Gasteiger partial charge in [0.25, 0.3) is 0 Å². The number of aromatic nitrogens is 4. The first-order valence-electron chi connectivity index (χ1n) is 8.32. The minimum absolute atomic E-state index is 0.0920. The normalized spacial score (nSPS) is 12.6. The number of hydrogen-bond donors (Lipinski definition) is 2. The Morgan fingerprint density at radius 2 is 1.62 bits per heavy atom. The number of tetrazole rings is 1. The van der Waals surface area contributed by atoms with Crippen LogP contribution in [-0.4, -0.2) is 31.5 Å². The Labute approximate surface area is 148 Å². The number of phenols is 1. The van der Waals surface area contributed by atoms with Crippen LogP contribution in [0.4, 0.5) is 0 Å². The largest absolute Gasteiger partial charge is 0.507 e. The topological polar surface area (TPSA) is 74.7 Å². The lowest BCUT2D eigenvalue weighted by molar-refractivity contribution is 0.422. The summed E-state index contributed by atoms with van der Waals surface area (Å²) in [4.78, 5) is 1.20. The van der Waals surface area contributed by atoms with E-state index in [9.17, 15) is 5.11 Å². The quantitative estimate of drug-likeness (QED) is 0.625. The van der Waals surface area contributed by atoms with Gasteiger partial charge in [-0.1, -0.05) is 46.8 Å². The molecule has 1 heterocycles. The van der Waals surface area contributed by atoms with E-state index in [1.165, 1.54) is 4.90 Å². The molecule has 0 aliphatic heterocycles. The van der Waals surface area contributed by atoms with E-state index in [0.29, 0.717) is 5.75 Å². The Bertz CT molecular complexity index is 634. The van der Waals surface area contributed by atoms with Crippen molar-refractivity contribution in [3.8, 4) is 5.75 Å². The maximum atomic E-state index is 10.7. The van der Waals surface area contributed by atoms with Gasteiger partial charge in [0.05, 0.1) is 0 Å². The van der Waals surface area contributed by atoms with Crippen LogP contribution < -0.4 is 0 Å². The average Bonchev–Trinajstić information content (AvgIpc) is 2.95. The SMILES string of the molecule is CC(C)(C)c1cc(SCCCc2nn[nH]n2)cc(C(C)(C)C)c1O. The number of aromatic amines is 1. The van der Waals surface area contributed by atoms with Crippen LogP contribution in [0, 0.1) is 0 Å². The standard InChI is InChI=1S/C18H28N4OS/c1-17(2,3)13-10-12(11-14(16(13)23)18(4,5)6)24-9-7-8-15-19-21-22-20-15/h10-11,23H,7-9H2,1-6H3,(H,19,20,21,22). The van der Waals surface area contributed by atoms with Crippen LogP contribution in [0.5, 0.6) is 5.75 Å². The van der Waals surface area contributed by atoms with E-state index in [4.69, 9.17) is 0 Å². The van der Waals surface area contributed by atoms with Crippen LogP contribution in [0.2, 0.25) is 0 Å². The second-order valence-corrected chi connectivity index (χ2v) is 9.32. The molecule has 2 aromatic rings. The molecule has 0 fully saturated rings. The molecule has 0 saturated carbocycles. The first-order chi connectivity index (χ1) is 11.1. The summed E-state index contributed by atoms with van der Waals surface area (Å²) in [6, 6.07) is 4.26. The van der Waals surface area contributed by atoms with Gasteiger partial charge in [-0.25, -0.2) is 0 Å². The lowest BCUT2D eigenvalue weighted by atomic mass is 9.79. The fraction of sp³-hybridized carbons (Fsp3) is 0.611. The number of nitrogens with zero attached hydrogens (tertiary/aromatic N) is 3. The summed E-state index contributed by atoms with van der Waals surface area (Å²) in [6.45, 7) is 12.8. The van der Waals surface area contributed by atoms with Crippen molar-refractivity contribution in [3.05, 3.63) is 29.1 Å². The van der Waals surface area contributed by atoms with Crippen LogP contribution in [0.25, 0.3) is 0 Å². The number of nitrogens with one attached hydrogen (secondary N) is 1. The molecule has 2 N–H and O–H groups in total. The fourth-order valence-corrected chi connectivity index (χ4v) is 3.47. The molecule has 5 nitrogen and oxygen atoms in total. The second kappa shape index (κ2) is 7.13. The molecule has 0 aliphatic rings. The van der Waals surface area contributed by atoms with Crippen LogP contribution in [-0.2, 0) is 17.3 Å². The molecule has 0 spiro atoms. The molecule has 1 aromatic heterocycles. The minimum Gasteiger partial charge on any atom is -0.507 e. The maximum absolute atomic E-state index is 10.7. The van der Waals surface area contributed by atoms with Crippen molar-refractivity contribution in [1.82, 2.24) is 20.6 Å². The molecule has 0 aliphatic carbocycles.